The van der Waals surface area contributed by atoms with E-state index in [0.717, 1.165) is 28.2 Å². The van der Waals surface area contributed by atoms with E-state index in [-0.39, 0.29) is 5.88 Å². The van der Waals surface area contributed by atoms with Gasteiger partial charge in [0.1, 0.15) is 11.3 Å². The summed E-state index contributed by atoms with van der Waals surface area (Å²) in [5, 5.41) is 0.996. The zero-order valence-electron chi connectivity index (χ0n) is 10.6. The first-order valence-electron chi connectivity index (χ1n) is 5.96. The third kappa shape index (κ3) is 2.16. The molecule has 0 radical (unpaired) electrons. The highest BCUT2D eigenvalue weighted by Crippen LogP contribution is 2.28. The van der Waals surface area contributed by atoms with Crippen molar-refractivity contribution in [2.45, 2.75) is 12.8 Å². The third-order valence-corrected chi connectivity index (χ3v) is 4.08. The molecule has 0 atom stereocenters. The topological polar surface area (TPSA) is 30.7 Å². The van der Waals surface area contributed by atoms with Crippen molar-refractivity contribution in [3.05, 3.63) is 51.9 Å². The molecule has 2 heterocycles. The second-order valence-electron chi connectivity index (χ2n) is 4.40. The van der Waals surface area contributed by atoms with Gasteiger partial charge in [-0.05, 0) is 36.8 Å². The summed E-state index contributed by atoms with van der Waals surface area (Å²) in [7, 11) is 0. The smallest absolute Gasteiger partial charge is 0.164 e. The van der Waals surface area contributed by atoms with Crippen LogP contribution in [0.25, 0.3) is 16.9 Å². The predicted molar refractivity (Wildman–Crippen MR) is 83.2 cm³/mol. The average molecular weight is 327 g/mol. The van der Waals surface area contributed by atoms with Crippen LogP contribution in [0.15, 0.2) is 30.5 Å². The molecule has 102 valence electrons. The summed E-state index contributed by atoms with van der Waals surface area (Å²) in [6.45, 7) is 1.99. The van der Waals surface area contributed by atoms with Crippen LogP contribution in [0, 0.1) is 6.92 Å². The number of nitrogens with zero attached hydrogens (tertiary/aromatic N) is 3. The summed E-state index contributed by atoms with van der Waals surface area (Å²) < 4.78 is 1.90. The molecule has 20 heavy (non-hydrogen) atoms. The van der Waals surface area contributed by atoms with Crippen molar-refractivity contribution in [3.63, 3.8) is 0 Å². The van der Waals surface area contributed by atoms with E-state index >= 15 is 0 Å². The molecule has 0 bridgehead atoms. The lowest BCUT2D eigenvalue weighted by Crippen LogP contribution is -2.00. The first-order valence-corrected chi connectivity index (χ1v) is 7.25. The molecule has 0 unspecified atom stereocenters. The van der Waals surface area contributed by atoms with Gasteiger partial charge in [0.15, 0.2) is 5.65 Å². The lowest BCUT2D eigenvalue weighted by atomic mass is 10.2. The fourth-order valence-electron chi connectivity index (χ4n) is 2.12. The molecule has 0 aliphatic rings. The summed E-state index contributed by atoms with van der Waals surface area (Å²) in [6, 6.07) is 7.33. The Bertz CT molecular complexity index is 796. The summed E-state index contributed by atoms with van der Waals surface area (Å²) in [6.07, 6.45) is 1.76. The minimum Gasteiger partial charge on any atom is -0.280 e. The van der Waals surface area contributed by atoms with Crippen LogP contribution in [0.5, 0.6) is 0 Å². The maximum absolute atomic E-state index is 6.09. The Balaban J connectivity index is 2.34. The van der Waals surface area contributed by atoms with Crippen LogP contribution >= 0.6 is 34.8 Å². The molecule has 0 N–H and O–H groups in total. The Morgan fingerprint density at radius 1 is 1.15 bits per heavy atom. The van der Waals surface area contributed by atoms with Crippen LogP contribution in [0.4, 0.5) is 0 Å². The summed E-state index contributed by atoms with van der Waals surface area (Å²) in [5.41, 5.74) is 3.50. The summed E-state index contributed by atoms with van der Waals surface area (Å²) in [5.74, 6) is 1.01. The molecule has 3 nitrogen and oxygen atoms in total. The van der Waals surface area contributed by atoms with E-state index in [9.17, 15) is 0 Å². The van der Waals surface area contributed by atoms with Gasteiger partial charge in [0, 0.05) is 6.20 Å². The first kappa shape index (κ1) is 13.7. The zero-order chi connectivity index (χ0) is 14.3. The van der Waals surface area contributed by atoms with Crippen molar-refractivity contribution in [2.75, 3.05) is 0 Å². The zero-order valence-corrected chi connectivity index (χ0v) is 12.8. The lowest BCUT2D eigenvalue weighted by Gasteiger charge is -2.08. The molecular formula is C14H10Cl3N3. The number of pyridine rings is 1. The Hall–Kier alpha value is -1.29. The number of hydrogen-bond donors (Lipinski definition) is 0. The van der Waals surface area contributed by atoms with E-state index < -0.39 is 0 Å². The number of aromatic nitrogens is 3. The van der Waals surface area contributed by atoms with Crippen LogP contribution in [0.1, 0.15) is 11.4 Å². The molecule has 0 saturated heterocycles. The van der Waals surface area contributed by atoms with Crippen LogP contribution in [-0.2, 0) is 5.88 Å². The summed E-state index contributed by atoms with van der Waals surface area (Å²) in [4.78, 5) is 8.96. The second-order valence-corrected chi connectivity index (χ2v) is 5.48. The molecule has 6 heteroatoms. The maximum atomic E-state index is 6.09. The van der Waals surface area contributed by atoms with Crippen molar-refractivity contribution in [1.82, 2.24) is 14.5 Å². The fraction of sp³-hybridized carbons (Fsp3) is 0.143. The van der Waals surface area contributed by atoms with Crippen molar-refractivity contribution in [1.29, 1.82) is 0 Å². The Kier molecular flexibility index (Phi) is 3.59. The van der Waals surface area contributed by atoms with Crippen LogP contribution in [0.3, 0.4) is 0 Å². The van der Waals surface area contributed by atoms with E-state index in [1.165, 1.54) is 0 Å². The molecule has 0 amide bonds. The van der Waals surface area contributed by atoms with Crippen LogP contribution < -0.4 is 0 Å². The highest BCUT2D eigenvalue weighted by Gasteiger charge is 2.15. The molecule has 0 aliphatic carbocycles. The Morgan fingerprint density at radius 3 is 2.65 bits per heavy atom. The van der Waals surface area contributed by atoms with Gasteiger partial charge in [0.05, 0.1) is 21.6 Å². The number of imidazole rings is 1. The molecule has 3 rings (SSSR count). The number of alkyl halides is 1. The number of hydrogen-bond acceptors (Lipinski definition) is 2. The molecule has 3 aromatic rings. The van der Waals surface area contributed by atoms with Gasteiger partial charge in [-0.15, -0.1) is 11.6 Å². The fourth-order valence-corrected chi connectivity index (χ4v) is 2.60. The van der Waals surface area contributed by atoms with E-state index in [4.69, 9.17) is 34.8 Å². The van der Waals surface area contributed by atoms with Gasteiger partial charge in [-0.25, -0.2) is 9.97 Å². The second kappa shape index (κ2) is 5.24. The Labute approximate surface area is 131 Å². The minimum absolute atomic E-state index is 0.288. The summed E-state index contributed by atoms with van der Waals surface area (Å²) >= 11 is 18.1. The number of aryl methyl sites for hydroxylation is 1. The largest absolute Gasteiger partial charge is 0.280 e. The molecular weight excluding hydrogens is 317 g/mol. The first-order chi connectivity index (χ1) is 9.61. The van der Waals surface area contributed by atoms with E-state index in [0.29, 0.717) is 10.0 Å². The molecule has 1 aromatic carbocycles. The number of fused-ring (bicyclic) bond motifs is 1. The maximum Gasteiger partial charge on any atom is 0.164 e. The van der Waals surface area contributed by atoms with Gasteiger partial charge in [-0.2, -0.15) is 0 Å². The van der Waals surface area contributed by atoms with Gasteiger partial charge < -0.3 is 0 Å². The normalized spacial score (nSPS) is 11.2. The number of benzene rings is 1. The minimum atomic E-state index is 0.288. The lowest BCUT2D eigenvalue weighted by molar-refractivity contribution is 0.970. The molecule has 0 saturated carbocycles. The van der Waals surface area contributed by atoms with Gasteiger partial charge in [0.25, 0.3) is 0 Å². The molecule has 0 spiro atoms. The predicted octanol–water partition coefficient (Wildman–Crippen LogP) is 4.77. The molecule has 0 fully saturated rings. The van der Waals surface area contributed by atoms with Crippen molar-refractivity contribution >= 4 is 46.0 Å². The quantitative estimate of drug-likeness (QED) is 0.635. The van der Waals surface area contributed by atoms with Gasteiger partial charge in [-0.3, -0.25) is 4.57 Å². The van der Waals surface area contributed by atoms with Crippen molar-refractivity contribution in [2.24, 2.45) is 0 Å². The van der Waals surface area contributed by atoms with Gasteiger partial charge >= 0.3 is 0 Å². The number of rotatable bonds is 2. The highest BCUT2D eigenvalue weighted by atomic mass is 35.5. The van der Waals surface area contributed by atoms with E-state index in [2.05, 4.69) is 9.97 Å². The third-order valence-electron chi connectivity index (χ3n) is 3.10. The molecule has 0 aliphatic heterocycles. The van der Waals surface area contributed by atoms with Crippen molar-refractivity contribution < 1.29 is 0 Å². The highest BCUT2D eigenvalue weighted by molar-refractivity contribution is 6.42. The van der Waals surface area contributed by atoms with Gasteiger partial charge in [-0.1, -0.05) is 23.2 Å². The van der Waals surface area contributed by atoms with E-state index in [1.807, 2.05) is 23.6 Å². The van der Waals surface area contributed by atoms with E-state index in [1.54, 1.807) is 18.3 Å². The molecule has 2 aromatic heterocycles. The SMILES string of the molecule is Cc1ccnc2c1nc(CCl)n2-c1ccc(Cl)c(Cl)c1. The van der Waals surface area contributed by atoms with Crippen molar-refractivity contribution in [3.8, 4) is 5.69 Å². The monoisotopic (exact) mass is 325 g/mol. The van der Waals surface area contributed by atoms with Crippen LogP contribution in [-0.4, -0.2) is 14.5 Å². The average Bonchev–Trinajstić information content (AvgIpc) is 2.82. The standard InChI is InChI=1S/C14H10Cl3N3/c1-8-4-5-18-14-13(8)19-12(7-15)20(14)9-2-3-10(16)11(17)6-9/h2-6H,7H2,1H3. The Morgan fingerprint density at radius 2 is 1.95 bits per heavy atom. The number of halogens is 3. The van der Waals surface area contributed by atoms with Crippen LogP contribution in [0.2, 0.25) is 10.0 Å². The van der Waals surface area contributed by atoms with Gasteiger partial charge in [0.2, 0.25) is 0 Å².